The van der Waals surface area contributed by atoms with Crippen LogP contribution in [0.2, 0.25) is 0 Å². The summed E-state index contributed by atoms with van der Waals surface area (Å²) >= 11 is 0. The van der Waals surface area contributed by atoms with Crippen LogP contribution in [0.5, 0.6) is 0 Å². The minimum Gasteiger partial charge on any atom is -0.380 e. The van der Waals surface area contributed by atoms with Crippen LogP contribution in [0.15, 0.2) is 42.7 Å². The highest BCUT2D eigenvalue weighted by Crippen LogP contribution is 2.33. The lowest BCUT2D eigenvalue weighted by Gasteiger charge is -2.37. The van der Waals surface area contributed by atoms with Crippen molar-refractivity contribution in [3.63, 3.8) is 0 Å². The third-order valence-electron chi connectivity index (χ3n) is 6.47. The number of pyridine rings is 1. The van der Waals surface area contributed by atoms with E-state index in [9.17, 15) is 26.7 Å². The van der Waals surface area contributed by atoms with E-state index >= 15 is 0 Å². The number of carbonyl (C=O) groups is 1. The van der Waals surface area contributed by atoms with Gasteiger partial charge >= 0.3 is 6.18 Å². The first-order valence-electron chi connectivity index (χ1n) is 12.6. The minimum absolute atomic E-state index is 0.00577. The molecule has 1 aliphatic heterocycles. The Balaban J connectivity index is 1.51. The molecule has 39 heavy (non-hydrogen) atoms. The molecule has 1 atom stereocenters. The van der Waals surface area contributed by atoms with Crippen LogP contribution in [0.3, 0.4) is 0 Å². The first-order valence-corrected chi connectivity index (χ1v) is 12.6. The first-order chi connectivity index (χ1) is 18.6. The smallest absolute Gasteiger partial charge is 0.380 e. The molecule has 1 unspecified atom stereocenters. The summed E-state index contributed by atoms with van der Waals surface area (Å²) in [5.41, 5.74) is 1.24. The van der Waals surface area contributed by atoms with E-state index in [-0.39, 0.29) is 25.2 Å². The molecule has 3 aromatic rings. The monoisotopic (exact) mass is 552 g/mol. The molecule has 1 saturated heterocycles. The van der Waals surface area contributed by atoms with Gasteiger partial charge < -0.3 is 15.4 Å². The summed E-state index contributed by atoms with van der Waals surface area (Å²) in [7, 11) is 0. The molecular weight excluding hydrogens is 523 g/mol. The number of rotatable bonds is 10. The van der Waals surface area contributed by atoms with Crippen LogP contribution in [0, 0.1) is 0 Å². The zero-order chi connectivity index (χ0) is 28.0. The van der Waals surface area contributed by atoms with Gasteiger partial charge in [-0.25, -0.2) is 23.7 Å². The molecule has 13 heteroatoms. The summed E-state index contributed by atoms with van der Waals surface area (Å²) in [5, 5.41) is 6.57. The van der Waals surface area contributed by atoms with Crippen LogP contribution in [0.1, 0.15) is 47.6 Å². The van der Waals surface area contributed by atoms with E-state index in [0.29, 0.717) is 42.0 Å². The summed E-state index contributed by atoms with van der Waals surface area (Å²) in [6, 6.07) is 7.94. The number of hydrogen-bond acceptors (Lipinski definition) is 7. The standard InChI is InChI=1S/C26H29F5N6O2/c1-2-39-13-10-32-22-7-6-18-19(4-3-5-20(18)36-22)23(38)33-16-21(37-11-8-25(27,28)9-12-37)17-14-34-24(35-15-17)26(29,30)31/h3-7,14-15,21H,2,8-13,16H2,1H3,(H,32,36)(H,33,38). The number of carbonyl (C=O) groups excluding carboxylic acids is 1. The third kappa shape index (κ3) is 7.35. The van der Waals surface area contributed by atoms with Gasteiger partial charge in [-0.05, 0) is 31.2 Å². The number of aromatic nitrogens is 3. The Labute approximate surface area is 222 Å². The van der Waals surface area contributed by atoms with E-state index in [4.69, 9.17) is 4.74 Å². The number of benzene rings is 1. The topological polar surface area (TPSA) is 92.3 Å². The molecule has 1 aromatic carbocycles. The summed E-state index contributed by atoms with van der Waals surface area (Å²) in [6.07, 6.45) is -3.44. The van der Waals surface area contributed by atoms with Crippen LogP contribution in [-0.4, -0.2) is 71.1 Å². The number of alkyl halides is 5. The van der Waals surface area contributed by atoms with Gasteiger partial charge in [0.25, 0.3) is 11.8 Å². The van der Waals surface area contributed by atoms with Crippen molar-refractivity contribution in [2.24, 2.45) is 0 Å². The van der Waals surface area contributed by atoms with E-state index in [0.717, 1.165) is 12.4 Å². The number of piperidine rings is 1. The molecule has 2 N–H and O–H groups in total. The lowest BCUT2D eigenvalue weighted by molar-refractivity contribution is -0.145. The Bertz CT molecular complexity index is 1260. The second-order valence-electron chi connectivity index (χ2n) is 9.15. The third-order valence-corrected chi connectivity index (χ3v) is 6.47. The summed E-state index contributed by atoms with van der Waals surface area (Å²) in [5.74, 6) is -3.91. The summed E-state index contributed by atoms with van der Waals surface area (Å²) in [6.45, 7) is 3.59. The highest BCUT2D eigenvalue weighted by Gasteiger charge is 2.38. The van der Waals surface area contributed by atoms with Crippen LogP contribution in [-0.2, 0) is 10.9 Å². The zero-order valence-corrected chi connectivity index (χ0v) is 21.3. The number of hydrogen-bond donors (Lipinski definition) is 2. The van der Waals surface area contributed by atoms with Gasteiger partial charge in [-0.1, -0.05) is 6.07 Å². The van der Waals surface area contributed by atoms with Gasteiger partial charge in [0.05, 0.1) is 18.2 Å². The van der Waals surface area contributed by atoms with Crippen molar-refractivity contribution < 1.29 is 31.5 Å². The molecular formula is C26H29F5N6O2. The molecule has 1 fully saturated rings. The maximum Gasteiger partial charge on any atom is 0.451 e. The normalized spacial score (nSPS) is 16.7. The Morgan fingerprint density at radius 2 is 1.85 bits per heavy atom. The van der Waals surface area contributed by atoms with Gasteiger partial charge in [0, 0.05) is 74.5 Å². The maximum atomic E-state index is 13.8. The number of likely N-dealkylation sites (tertiary alicyclic amines) is 1. The molecule has 3 heterocycles. The van der Waals surface area contributed by atoms with Crippen LogP contribution in [0.25, 0.3) is 10.9 Å². The molecule has 0 aliphatic carbocycles. The lowest BCUT2D eigenvalue weighted by Crippen LogP contribution is -2.45. The number of anilines is 1. The second kappa shape index (κ2) is 12.2. The number of nitrogens with zero attached hydrogens (tertiary/aromatic N) is 4. The van der Waals surface area contributed by atoms with Gasteiger partial charge in [0.1, 0.15) is 5.82 Å². The van der Waals surface area contributed by atoms with Crippen molar-refractivity contribution in [3.8, 4) is 0 Å². The highest BCUT2D eigenvalue weighted by atomic mass is 19.4. The zero-order valence-electron chi connectivity index (χ0n) is 21.3. The average molecular weight is 553 g/mol. The fourth-order valence-corrected chi connectivity index (χ4v) is 4.41. The molecule has 0 spiro atoms. The predicted octanol–water partition coefficient (Wildman–Crippen LogP) is 4.69. The number of nitrogens with one attached hydrogen (secondary N) is 2. The highest BCUT2D eigenvalue weighted by molar-refractivity contribution is 6.06. The van der Waals surface area contributed by atoms with Crippen molar-refractivity contribution in [2.75, 3.05) is 44.7 Å². The number of ether oxygens (including phenoxy) is 1. The van der Waals surface area contributed by atoms with E-state index in [1.807, 2.05) is 6.92 Å². The number of amides is 1. The van der Waals surface area contributed by atoms with E-state index < -0.39 is 42.7 Å². The fourth-order valence-electron chi connectivity index (χ4n) is 4.41. The Hall–Kier alpha value is -3.45. The molecule has 0 saturated carbocycles. The van der Waals surface area contributed by atoms with E-state index in [2.05, 4.69) is 25.6 Å². The summed E-state index contributed by atoms with van der Waals surface area (Å²) < 4.78 is 71.7. The summed E-state index contributed by atoms with van der Waals surface area (Å²) in [4.78, 5) is 26.3. The SMILES string of the molecule is CCOCCNc1ccc2c(C(=O)NCC(c3cnc(C(F)(F)F)nc3)N3CCC(F)(F)CC3)cccc2n1. The largest absolute Gasteiger partial charge is 0.451 e. The Morgan fingerprint density at radius 1 is 1.13 bits per heavy atom. The van der Waals surface area contributed by atoms with Gasteiger partial charge in [0.15, 0.2) is 0 Å². The maximum absolute atomic E-state index is 13.8. The number of fused-ring (bicyclic) bond motifs is 1. The molecule has 1 amide bonds. The van der Waals surface area contributed by atoms with Crippen LogP contribution in [0.4, 0.5) is 27.8 Å². The molecule has 8 nitrogen and oxygen atoms in total. The first kappa shape index (κ1) is 28.6. The van der Waals surface area contributed by atoms with Gasteiger partial charge in [-0.15, -0.1) is 0 Å². The second-order valence-corrected chi connectivity index (χ2v) is 9.15. The van der Waals surface area contributed by atoms with Crippen molar-refractivity contribution in [2.45, 2.75) is 37.9 Å². The fraction of sp³-hybridized carbons (Fsp3) is 0.462. The van der Waals surface area contributed by atoms with Crippen molar-refractivity contribution in [1.29, 1.82) is 0 Å². The molecule has 2 aromatic heterocycles. The van der Waals surface area contributed by atoms with Crippen molar-refractivity contribution in [3.05, 3.63) is 59.7 Å². The van der Waals surface area contributed by atoms with E-state index in [1.54, 1.807) is 35.2 Å². The molecule has 1 aliphatic rings. The minimum atomic E-state index is -4.71. The van der Waals surface area contributed by atoms with Crippen molar-refractivity contribution >= 4 is 22.6 Å². The van der Waals surface area contributed by atoms with Gasteiger partial charge in [-0.3, -0.25) is 9.69 Å². The number of halogens is 5. The van der Waals surface area contributed by atoms with Crippen LogP contribution < -0.4 is 10.6 Å². The van der Waals surface area contributed by atoms with Crippen LogP contribution >= 0.6 is 0 Å². The quantitative estimate of drug-likeness (QED) is 0.278. The molecule has 210 valence electrons. The Morgan fingerprint density at radius 3 is 2.51 bits per heavy atom. The Kier molecular flexibility index (Phi) is 8.90. The predicted molar refractivity (Wildman–Crippen MR) is 135 cm³/mol. The van der Waals surface area contributed by atoms with Gasteiger partial charge in [-0.2, -0.15) is 13.2 Å². The van der Waals surface area contributed by atoms with E-state index in [1.165, 1.54) is 0 Å². The lowest BCUT2D eigenvalue weighted by atomic mass is 10.0. The molecule has 0 bridgehead atoms. The molecule has 0 radical (unpaired) electrons. The van der Waals surface area contributed by atoms with Gasteiger partial charge in [0.2, 0.25) is 5.82 Å². The molecule has 4 rings (SSSR count). The average Bonchev–Trinajstić information content (AvgIpc) is 2.91. The van der Waals surface area contributed by atoms with Crippen molar-refractivity contribution in [1.82, 2.24) is 25.2 Å².